The van der Waals surface area contributed by atoms with Crippen LogP contribution in [0, 0.1) is 24.2 Å². The highest BCUT2D eigenvalue weighted by Gasteiger charge is 2.38. The van der Waals surface area contributed by atoms with Crippen molar-refractivity contribution in [3.8, 4) is 12.1 Å². The van der Waals surface area contributed by atoms with Crippen molar-refractivity contribution in [1.29, 1.82) is 5.26 Å². The predicted octanol–water partition coefficient (Wildman–Crippen LogP) is 4.59. The van der Waals surface area contributed by atoms with Gasteiger partial charge < -0.3 is 24.3 Å². The van der Waals surface area contributed by atoms with E-state index < -0.39 is 11.7 Å². The molecule has 2 unspecified atom stereocenters. The normalized spacial score (nSPS) is 22.1. The van der Waals surface area contributed by atoms with Gasteiger partial charge in [-0.05, 0) is 58.0 Å². The average Bonchev–Trinajstić information content (AvgIpc) is 3.47. The van der Waals surface area contributed by atoms with E-state index in [1.54, 1.807) is 15.9 Å². The predicted molar refractivity (Wildman–Crippen MR) is 161 cm³/mol. The maximum absolute atomic E-state index is 14.1. The summed E-state index contributed by atoms with van der Waals surface area (Å²) in [6.45, 7) is 7.33. The van der Waals surface area contributed by atoms with E-state index >= 15 is 0 Å². The van der Waals surface area contributed by atoms with Crippen LogP contribution >= 0.6 is 0 Å². The fraction of sp³-hybridized carbons (Fsp3) is 0.562. The SMILES string of the molecule is C=CC(=O)N1CCN(c2nc(OCC3CCCC3N(C)C)nc3c2CCN(c2cccc(C)c2C(F)(F)F)C3)C[C@@H]1CC#N. The Morgan fingerprint density at radius 1 is 1.20 bits per heavy atom. The molecule has 0 N–H and O–H groups in total. The van der Waals surface area contributed by atoms with Crippen molar-refractivity contribution in [2.24, 2.45) is 5.92 Å². The van der Waals surface area contributed by atoms with Crippen molar-refractivity contribution >= 4 is 17.4 Å². The quantitative estimate of drug-likeness (QED) is 0.401. The molecule has 0 bridgehead atoms. The van der Waals surface area contributed by atoms with E-state index in [-0.39, 0.29) is 42.2 Å². The summed E-state index contributed by atoms with van der Waals surface area (Å²) >= 11 is 0. The molecule has 3 atom stereocenters. The topological polar surface area (TPSA) is 88.8 Å². The van der Waals surface area contributed by atoms with Crippen LogP contribution in [0.5, 0.6) is 6.01 Å². The number of fused-ring (bicyclic) bond motifs is 1. The van der Waals surface area contributed by atoms with E-state index in [1.807, 2.05) is 0 Å². The van der Waals surface area contributed by atoms with Gasteiger partial charge in [0.1, 0.15) is 5.82 Å². The summed E-state index contributed by atoms with van der Waals surface area (Å²) in [4.78, 5) is 29.8. The number of nitriles is 1. The number of piperazine rings is 1. The second kappa shape index (κ2) is 13.0. The van der Waals surface area contributed by atoms with Crippen LogP contribution in [0.4, 0.5) is 24.7 Å². The number of nitrogens with zero attached hydrogens (tertiary/aromatic N) is 7. The highest BCUT2D eigenvalue weighted by molar-refractivity contribution is 5.87. The summed E-state index contributed by atoms with van der Waals surface area (Å²) in [6.07, 6.45) is 0.619. The molecule has 1 amide bonds. The van der Waals surface area contributed by atoms with E-state index in [4.69, 9.17) is 14.7 Å². The molecule has 1 aromatic heterocycles. The third-order valence-corrected chi connectivity index (χ3v) is 9.17. The van der Waals surface area contributed by atoms with Crippen LogP contribution in [0.1, 0.15) is 48.1 Å². The van der Waals surface area contributed by atoms with Gasteiger partial charge in [0.25, 0.3) is 0 Å². The lowest BCUT2D eigenvalue weighted by Gasteiger charge is -2.42. The van der Waals surface area contributed by atoms with Gasteiger partial charge in [0.15, 0.2) is 0 Å². The molecular formula is C32H40F3N7O2. The number of alkyl halides is 3. The lowest BCUT2D eigenvalue weighted by Crippen LogP contribution is -2.55. The van der Waals surface area contributed by atoms with Gasteiger partial charge in [0.05, 0.1) is 42.9 Å². The van der Waals surface area contributed by atoms with Crippen LogP contribution in [0.25, 0.3) is 0 Å². The molecule has 1 saturated carbocycles. The molecule has 3 heterocycles. The molecule has 0 spiro atoms. The molecule has 2 fully saturated rings. The highest BCUT2D eigenvalue weighted by atomic mass is 19.4. The smallest absolute Gasteiger partial charge is 0.418 e. The first-order valence-electron chi connectivity index (χ1n) is 15.2. The molecule has 236 valence electrons. The summed E-state index contributed by atoms with van der Waals surface area (Å²) in [7, 11) is 4.14. The van der Waals surface area contributed by atoms with Gasteiger partial charge in [-0.15, -0.1) is 0 Å². The van der Waals surface area contributed by atoms with Crippen LogP contribution in [0.3, 0.4) is 0 Å². The number of carbonyl (C=O) groups is 1. The highest BCUT2D eigenvalue weighted by Crippen LogP contribution is 2.41. The Morgan fingerprint density at radius 2 is 2.00 bits per heavy atom. The number of aromatic nitrogens is 2. The van der Waals surface area contributed by atoms with Crippen LogP contribution < -0.4 is 14.5 Å². The summed E-state index contributed by atoms with van der Waals surface area (Å²) < 4.78 is 48.7. The minimum Gasteiger partial charge on any atom is -0.463 e. The summed E-state index contributed by atoms with van der Waals surface area (Å²) in [5.74, 6) is 0.758. The molecule has 5 rings (SSSR count). The molecule has 1 aromatic carbocycles. The van der Waals surface area contributed by atoms with Crippen molar-refractivity contribution in [2.45, 2.75) is 63.8 Å². The molecule has 0 radical (unpaired) electrons. The lowest BCUT2D eigenvalue weighted by molar-refractivity contribution is -0.137. The van der Waals surface area contributed by atoms with Gasteiger partial charge in [0.2, 0.25) is 5.91 Å². The number of rotatable bonds is 8. The number of anilines is 2. The van der Waals surface area contributed by atoms with Crippen LogP contribution in [0.2, 0.25) is 0 Å². The Kier molecular flexibility index (Phi) is 9.34. The second-order valence-electron chi connectivity index (χ2n) is 12.1. The molecule has 3 aliphatic rings. The standard InChI is InChI=1S/C32H40F3N7O2/c1-5-28(43)42-17-16-41(18-23(42)12-14-36)30-24-13-15-40(27-11-6-8-21(2)29(27)32(33,34)35)19-25(24)37-31(38-30)44-20-22-9-7-10-26(22)39(3)4/h5-6,8,11,22-23,26H,1,7,9-10,12-13,15-20H2,2-4H3/t22?,23-,26?/m0/s1. The van der Waals surface area contributed by atoms with E-state index in [0.29, 0.717) is 62.7 Å². The van der Waals surface area contributed by atoms with Crippen LogP contribution in [-0.2, 0) is 23.9 Å². The summed E-state index contributed by atoms with van der Waals surface area (Å²) in [6, 6.07) is 7.08. The number of aryl methyl sites for hydroxylation is 1. The Labute approximate surface area is 256 Å². The Morgan fingerprint density at radius 3 is 2.70 bits per heavy atom. The second-order valence-corrected chi connectivity index (χ2v) is 12.1. The number of hydrogen-bond donors (Lipinski definition) is 0. The Bertz CT molecular complexity index is 1420. The van der Waals surface area contributed by atoms with Gasteiger partial charge in [-0.2, -0.15) is 28.4 Å². The van der Waals surface area contributed by atoms with Crippen molar-refractivity contribution in [3.63, 3.8) is 0 Å². The number of benzene rings is 1. The fourth-order valence-electron chi connectivity index (χ4n) is 7.01. The molecule has 44 heavy (non-hydrogen) atoms. The monoisotopic (exact) mass is 611 g/mol. The first-order valence-corrected chi connectivity index (χ1v) is 15.2. The third kappa shape index (κ3) is 6.48. The number of halogens is 3. The van der Waals surface area contributed by atoms with Gasteiger partial charge in [-0.3, -0.25) is 4.79 Å². The molecule has 1 aliphatic carbocycles. The van der Waals surface area contributed by atoms with E-state index in [1.165, 1.54) is 25.1 Å². The van der Waals surface area contributed by atoms with Crippen LogP contribution in [0.15, 0.2) is 30.9 Å². The number of amides is 1. The lowest BCUT2D eigenvalue weighted by atomic mass is 10.00. The Hall–Kier alpha value is -3.85. The van der Waals surface area contributed by atoms with E-state index in [9.17, 15) is 23.2 Å². The summed E-state index contributed by atoms with van der Waals surface area (Å²) in [5, 5.41) is 9.49. The van der Waals surface area contributed by atoms with E-state index in [2.05, 4.69) is 36.5 Å². The van der Waals surface area contributed by atoms with Gasteiger partial charge >= 0.3 is 12.2 Å². The number of carbonyl (C=O) groups excluding carboxylic acids is 1. The number of ether oxygens (including phenoxy) is 1. The molecule has 12 heteroatoms. The zero-order chi connectivity index (χ0) is 31.6. The minimum absolute atomic E-state index is 0.135. The zero-order valence-corrected chi connectivity index (χ0v) is 25.6. The van der Waals surface area contributed by atoms with Crippen LogP contribution in [-0.4, -0.2) is 84.6 Å². The van der Waals surface area contributed by atoms with Gasteiger partial charge in [-0.1, -0.05) is 25.1 Å². The van der Waals surface area contributed by atoms with Gasteiger partial charge in [-0.25, -0.2) is 0 Å². The maximum Gasteiger partial charge on any atom is 0.418 e. The largest absolute Gasteiger partial charge is 0.463 e. The average molecular weight is 612 g/mol. The van der Waals surface area contributed by atoms with Gasteiger partial charge in [0, 0.05) is 49.4 Å². The van der Waals surface area contributed by atoms with Crippen molar-refractivity contribution in [1.82, 2.24) is 19.8 Å². The first-order chi connectivity index (χ1) is 21.0. The van der Waals surface area contributed by atoms with Crippen molar-refractivity contribution in [2.75, 3.05) is 56.7 Å². The molecule has 1 saturated heterocycles. The van der Waals surface area contributed by atoms with E-state index in [0.717, 1.165) is 24.8 Å². The molecule has 2 aromatic rings. The van der Waals surface area contributed by atoms with Crippen molar-refractivity contribution in [3.05, 3.63) is 53.2 Å². The number of hydrogen-bond acceptors (Lipinski definition) is 8. The third-order valence-electron chi connectivity index (χ3n) is 9.17. The Balaban J connectivity index is 1.49. The summed E-state index contributed by atoms with van der Waals surface area (Å²) in [5.41, 5.74) is 1.17. The maximum atomic E-state index is 14.1. The zero-order valence-electron chi connectivity index (χ0n) is 25.6. The molecule has 2 aliphatic heterocycles. The molecular weight excluding hydrogens is 571 g/mol. The minimum atomic E-state index is -4.49. The van der Waals surface area contributed by atoms with Crippen molar-refractivity contribution < 1.29 is 22.7 Å². The first kappa shape index (κ1) is 31.6. The molecule has 9 nitrogen and oxygen atoms in total. The fourth-order valence-corrected chi connectivity index (χ4v) is 7.01.